The summed E-state index contributed by atoms with van der Waals surface area (Å²) in [6.07, 6.45) is 0. The van der Waals surface area contributed by atoms with Gasteiger partial charge in [0.05, 0.1) is 6.04 Å². The van der Waals surface area contributed by atoms with Crippen LogP contribution in [0, 0.1) is 11.6 Å². The molecule has 1 aromatic heterocycles. The van der Waals surface area contributed by atoms with Crippen molar-refractivity contribution in [2.75, 3.05) is 6.54 Å². The number of carbonyl (C=O) groups is 3. The lowest BCUT2D eigenvalue weighted by molar-refractivity contribution is -0.135. The fourth-order valence-corrected chi connectivity index (χ4v) is 3.68. The average molecular weight is 393 g/mol. The van der Waals surface area contributed by atoms with Crippen molar-refractivity contribution in [2.45, 2.75) is 25.4 Å². The molecule has 27 heavy (non-hydrogen) atoms. The second kappa shape index (κ2) is 7.07. The molecule has 6 nitrogen and oxygen atoms in total. The van der Waals surface area contributed by atoms with E-state index in [-0.39, 0.29) is 11.6 Å². The number of nitrogens with zero attached hydrogens (tertiary/aromatic N) is 1. The zero-order valence-electron chi connectivity index (χ0n) is 14.6. The fraction of sp³-hybridized carbons (Fsp3) is 0.278. The summed E-state index contributed by atoms with van der Waals surface area (Å²) in [7, 11) is 0. The topological polar surface area (TPSA) is 78.5 Å². The molecule has 1 aliphatic heterocycles. The van der Waals surface area contributed by atoms with Crippen LogP contribution in [0.1, 0.15) is 30.3 Å². The summed E-state index contributed by atoms with van der Waals surface area (Å²) in [6.45, 7) is 2.53. The Kier molecular flexibility index (Phi) is 4.97. The highest BCUT2D eigenvalue weighted by Crippen LogP contribution is 2.31. The molecular weight excluding hydrogens is 376 g/mol. The smallest absolute Gasteiger partial charge is 0.325 e. The van der Waals surface area contributed by atoms with Gasteiger partial charge in [0, 0.05) is 10.4 Å². The van der Waals surface area contributed by atoms with E-state index in [4.69, 9.17) is 0 Å². The number of hydrogen-bond acceptors (Lipinski definition) is 4. The number of imide groups is 1. The van der Waals surface area contributed by atoms with Gasteiger partial charge in [-0.2, -0.15) is 0 Å². The van der Waals surface area contributed by atoms with Crippen molar-refractivity contribution in [1.82, 2.24) is 15.5 Å². The van der Waals surface area contributed by atoms with Gasteiger partial charge in [0.25, 0.3) is 5.91 Å². The Morgan fingerprint density at radius 1 is 1.33 bits per heavy atom. The monoisotopic (exact) mass is 393 g/mol. The minimum atomic E-state index is -1.79. The normalized spacial score (nSPS) is 20.5. The van der Waals surface area contributed by atoms with Gasteiger partial charge in [-0.15, -0.1) is 11.3 Å². The van der Waals surface area contributed by atoms with Gasteiger partial charge in [0.1, 0.15) is 23.7 Å². The molecule has 0 unspecified atom stereocenters. The van der Waals surface area contributed by atoms with Crippen LogP contribution in [0.5, 0.6) is 0 Å². The summed E-state index contributed by atoms with van der Waals surface area (Å²) in [5.74, 6) is -2.93. The molecule has 1 saturated heterocycles. The largest absolute Gasteiger partial charge is 0.347 e. The first-order valence-electron chi connectivity index (χ1n) is 8.15. The van der Waals surface area contributed by atoms with Crippen LogP contribution in [0.15, 0.2) is 35.7 Å². The predicted molar refractivity (Wildman–Crippen MR) is 94.8 cm³/mol. The van der Waals surface area contributed by atoms with Crippen LogP contribution in [-0.2, 0) is 15.1 Å². The lowest BCUT2D eigenvalue weighted by Crippen LogP contribution is -2.44. The van der Waals surface area contributed by atoms with Crippen molar-refractivity contribution in [2.24, 2.45) is 0 Å². The van der Waals surface area contributed by atoms with Crippen LogP contribution in [0.25, 0.3) is 0 Å². The summed E-state index contributed by atoms with van der Waals surface area (Å²) in [6, 6.07) is 5.23. The Labute approximate surface area is 158 Å². The molecule has 0 radical (unpaired) electrons. The number of urea groups is 1. The van der Waals surface area contributed by atoms with Crippen molar-refractivity contribution in [1.29, 1.82) is 0 Å². The van der Waals surface area contributed by atoms with Crippen LogP contribution in [0.2, 0.25) is 0 Å². The molecule has 0 aliphatic carbocycles. The van der Waals surface area contributed by atoms with Crippen molar-refractivity contribution < 1.29 is 23.2 Å². The number of halogens is 2. The first-order chi connectivity index (χ1) is 12.7. The van der Waals surface area contributed by atoms with Gasteiger partial charge in [-0.3, -0.25) is 14.5 Å². The minimum Gasteiger partial charge on any atom is -0.347 e. The summed E-state index contributed by atoms with van der Waals surface area (Å²) in [5, 5.41) is 6.92. The van der Waals surface area contributed by atoms with Crippen molar-refractivity contribution in [3.63, 3.8) is 0 Å². The van der Waals surface area contributed by atoms with Crippen molar-refractivity contribution >= 4 is 29.2 Å². The van der Waals surface area contributed by atoms with E-state index in [9.17, 15) is 23.2 Å². The highest BCUT2D eigenvalue weighted by molar-refractivity contribution is 7.10. The highest BCUT2D eigenvalue weighted by atomic mass is 32.1. The predicted octanol–water partition coefficient (Wildman–Crippen LogP) is 2.67. The van der Waals surface area contributed by atoms with E-state index in [2.05, 4.69) is 10.6 Å². The third-order valence-electron chi connectivity index (χ3n) is 4.39. The number of nitrogens with one attached hydrogen (secondary N) is 2. The van der Waals surface area contributed by atoms with E-state index < -0.39 is 41.6 Å². The van der Waals surface area contributed by atoms with Gasteiger partial charge in [-0.05, 0) is 43.5 Å². The van der Waals surface area contributed by atoms with Gasteiger partial charge >= 0.3 is 6.03 Å². The van der Waals surface area contributed by atoms with Gasteiger partial charge in [0.15, 0.2) is 0 Å². The van der Waals surface area contributed by atoms with E-state index in [0.29, 0.717) is 4.90 Å². The first kappa shape index (κ1) is 19.0. The van der Waals surface area contributed by atoms with E-state index >= 15 is 0 Å². The molecule has 9 heteroatoms. The van der Waals surface area contributed by atoms with Crippen LogP contribution < -0.4 is 10.6 Å². The maximum Gasteiger partial charge on any atom is 0.325 e. The van der Waals surface area contributed by atoms with Gasteiger partial charge < -0.3 is 10.6 Å². The Bertz CT molecular complexity index is 903. The SMILES string of the molecule is C[C@H](NC(=O)CN1C(=O)N[C@@](C)(c2cc(F)ccc2F)C1=O)c1cccs1. The van der Waals surface area contributed by atoms with Crippen LogP contribution in [0.4, 0.5) is 13.6 Å². The second-order valence-electron chi connectivity index (χ2n) is 6.38. The van der Waals surface area contributed by atoms with Crippen molar-refractivity contribution in [3.8, 4) is 0 Å². The molecule has 2 aromatic rings. The Morgan fingerprint density at radius 2 is 2.07 bits per heavy atom. The highest BCUT2D eigenvalue weighted by Gasteiger charge is 2.50. The third kappa shape index (κ3) is 3.55. The standard InChI is InChI=1S/C18H17F2N3O3S/c1-10(14-4-3-7-27-14)21-15(24)9-23-16(25)18(2,22-17(23)26)12-8-11(19)5-6-13(12)20/h3-8,10H,9H2,1-2H3,(H,21,24)(H,22,26)/t10-,18-/m0/s1. The van der Waals surface area contributed by atoms with E-state index in [1.807, 2.05) is 17.5 Å². The number of benzene rings is 1. The Balaban J connectivity index is 1.76. The van der Waals surface area contributed by atoms with E-state index in [1.165, 1.54) is 18.3 Å². The van der Waals surface area contributed by atoms with E-state index in [0.717, 1.165) is 23.1 Å². The molecule has 4 amide bonds. The van der Waals surface area contributed by atoms with Crippen molar-refractivity contribution in [3.05, 3.63) is 57.8 Å². The maximum atomic E-state index is 14.1. The lowest BCUT2D eigenvalue weighted by Gasteiger charge is -2.23. The molecule has 0 spiro atoms. The Hall–Kier alpha value is -2.81. The molecule has 3 rings (SSSR count). The summed E-state index contributed by atoms with van der Waals surface area (Å²) >= 11 is 1.47. The molecular formula is C18H17F2N3O3S. The Morgan fingerprint density at radius 3 is 2.74 bits per heavy atom. The third-order valence-corrected chi connectivity index (χ3v) is 5.45. The fourth-order valence-electron chi connectivity index (χ4n) is 2.94. The first-order valence-corrected chi connectivity index (χ1v) is 9.02. The quantitative estimate of drug-likeness (QED) is 0.767. The molecule has 0 bridgehead atoms. The maximum absolute atomic E-state index is 14.1. The number of amides is 4. The number of rotatable bonds is 5. The molecule has 1 aliphatic rings. The number of carbonyl (C=O) groups excluding carboxylic acids is 3. The zero-order chi connectivity index (χ0) is 19.8. The van der Waals surface area contributed by atoms with Gasteiger partial charge in [0.2, 0.25) is 5.91 Å². The summed E-state index contributed by atoms with van der Waals surface area (Å²) in [4.78, 5) is 38.8. The summed E-state index contributed by atoms with van der Waals surface area (Å²) < 4.78 is 27.6. The lowest BCUT2D eigenvalue weighted by atomic mass is 9.91. The van der Waals surface area contributed by atoms with Crippen LogP contribution in [0.3, 0.4) is 0 Å². The molecule has 142 valence electrons. The second-order valence-corrected chi connectivity index (χ2v) is 7.35. The molecule has 2 N–H and O–H groups in total. The van der Waals surface area contributed by atoms with Crippen LogP contribution in [-0.4, -0.2) is 29.3 Å². The summed E-state index contributed by atoms with van der Waals surface area (Å²) in [5.41, 5.74) is -2.08. The average Bonchev–Trinajstić information content (AvgIpc) is 3.21. The van der Waals surface area contributed by atoms with Gasteiger partial charge in [-0.25, -0.2) is 13.6 Å². The molecule has 2 heterocycles. The zero-order valence-corrected chi connectivity index (χ0v) is 15.4. The van der Waals surface area contributed by atoms with Crippen LogP contribution >= 0.6 is 11.3 Å². The van der Waals surface area contributed by atoms with E-state index in [1.54, 1.807) is 6.92 Å². The molecule has 0 saturated carbocycles. The number of thiophene rings is 1. The molecule has 1 aromatic carbocycles. The molecule has 2 atom stereocenters. The number of hydrogen-bond donors (Lipinski definition) is 2. The molecule has 1 fully saturated rings. The minimum absolute atomic E-state index is 0.287. The van der Waals surface area contributed by atoms with Gasteiger partial charge in [-0.1, -0.05) is 6.07 Å².